The zero-order chi connectivity index (χ0) is 20.7. The van der Waals surface area contributed by atoms with Gasteiger partial charge in [-0.1, -0.05) is 39.3 Å². The van der Waals surface area contributed by atoms with Crippen molar-refractivity contribution in [2.75, 3.05) is 13.2 Å². The molecule has 3 aliphatic rings. The first-order chi connectivity index (χ1) is 13.1. The summed E-state index contributed by atoms with van der Waals surface area (Å²) in [5, 5.41) is 10.5. The Hall–Kier alpha value is -0.830. The van der Waals surface area contributed by atoms with Crippen molar-refractivity contribution in [3.05, 3.63) is 12.2 Å². The van der Waals surface area contributed by atoms with Crippen LogP contribution in [0.25, 0.3) is 0 Å². The molecule has 1 N–H and O–H groups in total. The van der Waals surface area contributed by atoms with Gasteiger partial charge in [-0.25, -0.2) is 0 Å². The highest BCUT2D eigenvalue weighted by Gasteiger charge is 2.58. The number of aliphatic hydroxyl groups excluding tert-OH is 1. The van der Waals surface area contributed by atoms with Crippen LogP contribution in [0.5, 0.6) is 0 Å². The van der Waals surface area contributed by atoms with Gasteiger partial charge in [0, 0.05) is 13.5 Å². The summed E-state index contributed by atoms with van der Waals surface area (Å²) < 4.78 is 5.53. The average Bonchev–Trinajstić information content (AvgIpc) is 2.99. The molecule has 0 aliphatic heterocycles. The van der Waals surface area contributed by atoms with Gasteiger partial charge < -0.3 is 9.84 Å². The summed E-state index contributed by atoms with van der Waals surface area (Å²) in [6, 6.07) is 0. The van der Waals surface area contributed by atoms with Crippen LogP contribution >= 0.6 is 0 Å². The van der Waals surface area contributed by atoms with E-state index in [0.717, 1.165) is 6.42 Å². The van der Waals surface area contributed by atoms with E-state index >= 15 is 0 Å². The molecule has 3 saturated carbocycles. The van der Waals surface area contributed by atoms with Crippen LogP contribution in [0, 0.1) is 46.3 Å². The molecule has 0 radical (unpaired) electrons. The fourth-order valence-electron chi connectivity index (χ4n) is 7.77. The van der Waals surface area contributed by atoms with Crippen molar-refractivity contribution in [1.82, 2.24) is 0 Å². The zero-order valence-corrected chi connectivity index (χ0v) is 18.8. The quantitative estimate of drug-likeness (QED) is 0.489. The topological polar surface area (TPSA) is 46.5 Å². The van der Waals surface area contributed by atoms with Crippen LogP contribution in [0.2, 0.25) is 0 Å². The van der Waals surface area contributed by atoms with Gasteiger partial charge in [-0.2, -0.15) is 0 Å². The molecule has 3 rings (SSSR count). The van der Waals surface area contributed by atoms with Gasteiger partial charge in [0.15, 0.2) is 0 Å². The van der Waals surface area contributed by atoms with Gasteiger partial charge in [-0.3, -0.25) is 4.79 Å². The first-order valence-corrected chi connectivity index (χ1v) is 11.5. The van der Waals surface area contributed by atoms with Gasteiger partial charge in [-0.05, 0) is 91.8 Å². The molecule has 3 aliphatic carbocycles. The number of fused-ring (bicyclic) bond motifs is 1. The Morgan fingerprint density at radius 2 is 1.71 bits per heavy atom. The highest BCUT2D eigenvalue weighted by molar-refractivity contribution is 5.65. The third kappa shape index (κ3) is 3.68. The number of carbonyl (C=O) groups excluding carboxylic acids is 1. The fraction of sp³-hybridized carbons (Fsp3) is 0.880. The van der Waals surface area contributed by atoms with Gasteiger partial charge >= 0.3 is 5.97 Å². The lowest BCUT2D eigenvalue weighted by Gasteiger charge is -2.57. The van der Waals surface area contributed by atoms with Crippen LogP contribution in [0.3, 0.4) is 0 Å². The number of hydrogen-bond acceptors (Lipinski definition) is 3. The summed E-state index contributed by atoms with van der Waals surface area (Å²) in [5.41, 5.74) is 1.77. The maximum atomic E-state index is 11.5. The van der Waals surface area contributed by atoms with E-state index in [9.17, 15) is 9.90 Å². The van der Waals surface area contributed by atoms with Crippen LogP contribution < -0.4 is 0 Å². The van der Waals surface area contributed by atoms with Crippen molar-refractivity contribution in [3.8, 4) is 0 Å². The highest BCUT2D eigenvalue weighted by atomic mass is 16.5. The normalized spacial score (nSPS) is 46.1. The molecule has 0 aromatic rings. The lowest BCUT2D eigenvalue weighted by atomic mass is 9.48. The molecule has 3 fully saturated rings. The summed E-state index contributed by atoms with van der Waals surface area (Å²) >= 11 is 0. The van der Waals surface area contributed by atoms with Crippen molar-refractivity contribution in [1.29, 1.82) is 0 Å². The molecule has 0 saturated heterocycles. The van der Waals surface area contributed by atoms with Crippen molar-refractivity contribution in [2.24, 2.45) is 46.3 Å². The molecule has 8 atom stereocenters. The van der Waals surface area contributed by atoms with Crippen molar-refractivity contribution < 1.29 is 14.6 Å². The second-order valence-electron chi connectivity index (χ2n) is 11.0. The molecule has 0 bridgehead atoms. The van der Waals surface area contributed by atoms with E-state index in [1.165, 1.54) is 51.0 Å². The SMILES string of the molecule is C=C(C)[C@H]1CCC2[C@H](CO)C([C@@]3(C)CC[C@H](C)C[C@@H]3COC(C)=O)CC[C@@]21C. The van der Waals surface area contributed by atoms with E-state index in [-0.39, 0.29) is 11.4 Å². The zero-order valence-electron chi connectivity index (χ0n) is 18.8. The largest absolute Gasteiger partial charge is 0.466 e. The Labute approximate surface area is 172 Å². The summed E-state index contributed by atoms with van der Waals surface area (Å²) in [4.78, 5) is 11.5. The average molecular weight is 391 g/mol. The number of carbonyl (C=O) groups is 1. The van der Waals surface area contributed by atoms with Crippen LogP contribution in [0.1, 0.15) is 79.6 Å². The number of hydrogen-bond donors (Lipinski definition) is 1. The molecule has 160 valence electrons. The summed E-state index contributed by atoms with van der Waals surface area (Å²) in [6.45, 7) is 16.1. The second kappa shape index (κ2) is 8.13. The van der Waals surface area contributed by atoms with E-state index in [4.69, 9.17) is 4.74 Å². The molecule has 2 unspecified atom stereocenters. The number of rotatable bonds is 5. The third-order valence-electron chi connectivity index (χ3n) is 9.37. The molecule has 0 spiro atoms. The Bertz CT molecular complexity index is 599. The molecular formula is C25H42O3. The molecule has 0 aromatic carbocycles. The maximum absolute atomic E-state index is 11.5. The summed E-state index contributed by atoms with van der Waals surface area (Å²) in [6.07, 6.45) is 8.44. The van der Waals surface area contributed by atoms with E-state index in [1.807, 2.05) is 0 Å². The monoisotopic (exact) mass is 390 g/mol. The van der Waals surface area contributed by atoms with Crippen LogP contribution in [-0.2, 0) is 9.53 Å². The van der Waals surface area contributed by atoms with E-state index in [0.29, 0.717) is 54.1 Å². The molecule has 3 heteroatoms. The number of aliphatic hydroxyl groups is 1. The Balaban J connectivity index is 1.87. The van der Waals surface area contributed by atoms with E-state index in [2.05, 4.69) is 34.3 Å². The minimum absolute atomic E-state index is 0.151. The molecule has 0 amide bonds. The van der Waals surface area contributed by atoms with Crippen LogP contribution in [0.15, 0.2) is 12.2 Å². The van der Waals surface area contributed by atoms with Crippen molar-refractivity contribution >= 4 is 5.97 Å². The Kier molecular flexibility index (Phi) is 6.35. The molecule has 28 heavy (non-hydrogen) atoms. The lowest BCUT2D eigenvalue weighted by Crippen LogP contribution is -2.52. The van der Waals surface area contributed by atoms with Crippen molar-refractivity contribution in [3.63, 3.8) is 0 Å². The first kappa shape index (κ1) is 21.9. The predicted molar refractivity (Wildman–Crippen MR) is 114 cm³/mol. The molecule has 0 aromatic heterocycles. The van der Waals surface area contributed by atoms with Crippen LogP contribution in [0.4, 0.5) is 0 Å². The fourth-order valence-corrected chi connectivity index (χ4v) is 7.77. The minimum Gasteiger partial charge on any atom is -0.466 e. The van der Waals surface area contributed by atoms with Crippen molar-refractivity contribution in [2.45, 2.75) is 79.6 Å². The second-order valence-corrected chi connectivity index (χ2v) is 11.0. The Morgan fingerprint density at radius 1 is 1.07 bits per heavy atom. The van der Waals surface area contributed by atoms with Gasteiger partial charge in [0.25, 0.3) is 0 Å². The van der Waals surface area contributed by atoms with Gasteiger partial charge in [0.2, 0.25) is 0 Å². The summed E-state index contributed by atoms with van der Waals surface area (Å²) in [5.74, 6) is 2.99. The predicted octanol–water partition coefficient (Wildman–Crippen LogP) is 5.62. The lowest BCUT2D eigenvalue weighted by molar-refractivity contribution is -0.149. The molecule has 3 nitrogen and oxygen atoms in total. The standard InChI is InChI=1S/C25H42O3/c1-16(2)21-7-8-22-20(14-26)23(10-12-25(21,22)6)24(5)11-9-17(3)13-19(24)15-28-18(4)27/h17,19-23,26H,1,7-15H2,2-6H3/t17-,19+,20-,21+,22?,23?,24-,25+/m0/s1. The summed E-state index contributed by atoms with van der Waals surface area (Å²) in [7, 11) is 0. The van der Waals surface area contributed by atoms with Gasteiger partial charge in [0.1, 0.15) is 0 Å². The number of ether oxygens (including phenoxy) is 1. The minimum atomic E-state index is -0.171. The van der Waals surface area contributed by atoms with Gasteiger partial charge in [0.05, 0.1) is 6.61 Å². The first-order valence-electron chi connectivity index (χ1n) is 11.5. The van der Waals surface area contributed by atoms with Crippen LogP contribution in [-0.4, -0.2) is 24.3 Å². The molecule has 0 heterocycles. The third-order valence-corrected chi connectivity index (χ3v) is 9.37. The number of allylic oxidation sites excluding steroid dienone is 1. The smallest absolute Gasteiger partial charge is 0.302 e. The molecular weight excluding hydrogens is 348 g/mol. The van der Waals surface area contributed by atoms with E-state index < -0.39 is 0 Å². The number of esters is 1. The maximum Gasteiger partial charge on any atom is 0.302 e. The van der Waals surface area contributed by atoms with Gasteiger partial charge in [-0.15, -0.1) is 0 Å². The van der Waals surface area contributed by atoms with E-state index in [1.54, 1.807) is 0 Å². The Morgan fingerprint density at radius 3 is 2.32 bits per heavy atom. The highest BCUT2D eigenvalue weighted by Crippen LogP contribution is 2.65.